The number of rotatable bonds is 6. The molecule has 7 heteroatoms. The Morgan fingerprint density at radius 1 is 1.20 bits per heavy atom. The molecular weight excluding hydrogens is 336 g/mol. The van der Waals surface area contributed by atoms with E-state index >= 15 is 0 Å². The van der Waals surface area contributed by atoms with Gasteiger partial charge in [-0.3, -0.25) is 9.89 Å². The Bertz CT molecular complexity index is 525. The molecule has 0 bridgehead atoms. The van der Waals surface area contributed by atoms with Gasteiger partial charge in [-0.15, -0.1) is 0 Å². The van der Waals surface area contributed by atoms with Crippen LogP contribution < -0.4 is 10.6 Å². The number of aliphatic imine (C=N–C) groups is 1. The lowest BCUT2D eigenvalue weighted by Gasteiger charge is -2.32. The maximum absolute atomic E-state index is 11.7. The smallest absolute Gasteiger partial charge is 0.191 e. The number of nitrogens with one attached hydrogen (secondary N) is 2. The summed E-state index contributed by atoms with van der Waals surface area (Å²) in [5, 5.41) is 6.60. The van der Waals surface area contributed by atoms with Crippen molar-refractivity contribution in [2.24, 2.45) is 10.9 Å². The van der Waals surface area contributed by atoms with Crippen molar-refractivity contribution in [3.8, 4) is 0 Å². The Morgan fingerprint density at radius 3 is 2.40 bits per heavy atom. The van der Waals surface area contributed by atoms with Crippen LogP contribution in [-0.2, 0) is 9.84 Å². The van der Waals surface area contributed by atoms with Gasteiger partial charge in [-0.05, 0) is 45.2 Å². The summed E-state index contributed by atoms with van der Waals surface area (Å²) < 4.78 is 23.3. The number of sulfone groups is 1. The van der Waals surface area contributed by atoms with Crippen LogP contribution in [0.4, 0.5) is 0 Å². The van der Waals surface area contributed by atoms with Gasteiger partial charge >= 0.3 is 0 Å². The molecule has 0 aromatic heterocycles. The molecule has 2 fully saturated rings. The molecule has 2 N–H and O–H groups in total. The van der Waals surface area contributed by atoms with E-state index in [1.54, 1.807) is 0 Å². The van der Waals surface area contributed by atoms with Crippen molar-refractivity contribution in [2.75, 3.05) is 37.7 Å². The molecule has 2 unspecified atom stereocenters. The lowest BCUT2D eigenvalue weighted by atomic mass is 10.0. The van der Waals surface area contributed by atoms with Crippen LogP contribution in [0.15, 0.2) is 4.99 Å². The molecule has 2 heterocycles. The van der Waals surface area contributed by atoms with Crippen LogP contribution in [0.3, 0.4) is 0 Å². The Balaban J connectivity index is 1.98. The first-order valence-corrected chi connectivity index (χ1v) is 11.7. The first-order valence-electron chi connectivity index (χ1n) is 9.90. The summed E-state index contributed by atoms with van der Waals surface area (Å²) in [5.41, 5.74) is 0. The highest BCUT2D eigenvalue weighted by Gasteiger charge is 2.28. The van der Waals surface area contributed by atoms with E-state index in [1.807, 2.05) is 6.92 Å². The lowest BCUT2D eigenvalue weighted by molar-refractivity contribution is 0.166. The first kappa shape index (κ1) is 20.5. The monoisotopic (exact) mass is 372 g/mol. The van der Waals surface area contributed by atoms with Crippen molar-refractivity contribution in [3.63, 3.8) is 0 Å². The minimum absolute atomic E-state index is 0.0153. The van der Waals surface area contributed by atoms with E-state index in [-0.39, 0.29) is 17.5 Å². The Labute approximate surface area is 153 Å². The van der Waals surface area contributed by atoms with Gasteiger partial charge in [0, 0.05) is 18.6 Å². The normalized spacial score (nSPS) is 26.4. The summed E-state index contributed by atoms with van der Waals surface area (Å²) >= 11 is 0. The van der Waals surface area contributed by atoms with Gasteiger partial charge in [0.05, 0.1) is 18.1 Å². The highest BCUT2D eigenvalue weighted by Crippen LogP contribution is 2.18. The highest BCUT2D eigenvalue weighted by molar-refractivity contribution is 7.91. The average Bonchev–Trinajstić information content (AvgIpc) is 2.75. The Hall–Kier alpha value is -0.820. The van der Waals surface area contributed by atoms with E-state index in [1.165, 1.54) is 38.8 Å². The zero-order valence-corrected chi connectivity index (χ0v) is 16.9. The van der Waals surface area contributed by atoms with E-state index in [0.717, 1.165) is 19.0 Å². The maximum atomic E-state index is 11.7. The zero-order chi connectivity index (χ0) is 18.3. The van der Waals surface area contributed by atoms with E-state index in [0.29, 0.717) is 18.4 Å². The van der Waals surface area contributed by atoms with Crippen molar-refractivity contribution in [1.82, 2.24) is 15.5 Å². The number of likely N-dealkylation sites (tertiary alicyclic amines) is 1. The highest BCUT2D eigenvalue weighted by atomic mass is 32.2. The van der Waals surface area contributed by atoms with Gasteiger partial charge in [-0.25, -0.2) is 8.42 Å². The van der Waals surface area contributed by atoms with Crippen LogP contribution in [0.25, 0.3) is 0 Å². The quantitative estimate of drug-likeness (QED) is 0.548. The minimum Gasteiger partial charge on any atom is -0.357 e. The molecule has 2 saturated heterocycles. The predicted molar refractivity (Wildman–Crippen MR) is 105 cm³/mol. The largest absolute Gasteiger partial charge is 0.357 e. The molecule has 0 saturated carbocycles. The van der Waals surface area contributed by atoms with Crippen molar-refractivity contribution < 1.29 is 8.42 Å². The van der Waals surface area contributed by atoms with Crippen molar-refractivity contribution in [2.45, 2.75) is 65.0 Å². The molecule has 2 atom stereocenters. The number of hydrogen-bond acceptors (Lipinski definition) is 4. The second-order valence-electron chi connectivity index (χ2n) is 7.73. The number of guanidine groups is 1. The molecule has 2 aliphatic rings. The molecule has 2 rings (SSSR count). The average molecular weight is 373 g/mol. The molecule has 2 aliphatic heterocycles. The van der Waals surface area contributed by atoms with Gasteiger partial charge in [0.1, 0.15) is 0 Å². The SMILES string of the molecule is CCNC(=NCC(C(C)C)N1CCCCCC1)NC1CCS(=O)(=O)C1. The van der Waals surface area contributed by atoms with Crippen LogP contribution in [0.2, 0.25) is 0 Å². The van der Waals surface area contributed by atoms with Crippen molar-refractivity contribution in [1.29, 1.82) is 0 Å². The van der Waals surface area contributed by atoms with E-state index in [9.17, 15) is 8.42 Å². The Kier molecular flexibility index (Phi) is 8.00. The molecule has 0 amide bonds. The molecule has 0 radical (unpaired) electrons. The van der Waals surface area contributed by atoms with Crippen LogP contribution in [0.5, 0.6) is 0 Å². The second-order valence-corrected chi connectivity index (χ2v) is 9.95. The molecule has 0 aliphatic carbocycles. The lowest BCUT2D eigenvalue weighted by Crippen LogP contribution is -2.46. The molecular formula is C18H36N4O2S. The standard InChI is InChI=1S/C18H36N4O2S/c1-4-19-18(21-16-9-12-25(23,24)14-16)20-13-17(15(2)3)22-10-7-5-6-8-11-22/h15-17H,4-14H2,1-3H3,(H2,19,20,21). The third kappa shape index (κ3) is 6.77. The molecule has 25 heavy (non-hydrogen) atoms. The van der Waals surface area contributed by atoms with Crippen molar-refractivity contribution >= 4 is 15.8 Å². The fraction of sp³-hybridized carbons (Fsp3) is 0.944. The number of nitrogens with zero attached hydrogens (tertiary/aromatic N) is 2. The molecule has 0 aromatic rings. The minimum atomic E-state index is -2.88. The fourth-order valence-corrected chi connectivity index (χ4v) is 5.46. The predicted octanol–water partition coefficient (Wildman–Crippen LogP) is 1.63. The molecule has 6 nitrogen and oxygen atoms in total. The topological polar surface area (TPSA) is 73.8 Å². The zero-order valence-electron chi connectivity index (χ0n) is 16.1. The second kappa shape index (κ2) is 9.76. The van der Waals surface area contributed by atoms with Gasteiger partial charge in [0.2, 0.25) is 0 Å². The van der Waals surface area contributed by atoms with Crippen LogP contribution >= 0.6 is 0 Å². The van der Waals surface area contributed by atoms with E-state index in [4.69, 9.17) is 4.99 Å². The van der Waals surface area contributed by atoms with Crippen molar-refractivity contribution in [3.05, 3.63) is 0 Å². The van der Waals surface area contributed by atoms with E-state index < -0.39 is 9.84 Å². The number of hydrogen-bond donors (Lipinski definition) is 2. The molecule has 0 aromatic carbocycles. The van der Waals surface area contributed by atoms with Gasteiger partial charge in [0.25, 0.3) is 0 Å². The molecule has 146 valence electrons. The third-order valence-corrected chi connectivity index (χ3v) is 7.00. The fourth-order valence-electron chi connectivity index (χ4n) is 3.78. The maximum Gasteiger partial charge on any atom is 0.191 e. The summed E-state index contributed by atoms with van der Waals surface area (Å²) in [6.45, 7) is 10.5. The van der Waals surface area contributed by atoms with Gasteiger partial charge < -0.3 is 10.6 Å². The Morgan fingerprint density at radius 2 is 1.88 bits per heavy atom. The summed E-state index contributed by atoms with van der Waals surface area (Å²) in [5.74, 6) is 1.81. The summed E-state index contributed by atoms with van der Waals surface area (Å²) in [6, 6.07) is 0.430. The first-order chi connectivity index (χ1) is 11.9. The van der Waals surface area contributed by atoms with Crippen LogP contribution in [-0.4, -0.2) is 69.0 Å². The van der Waals surface area contributed by atoms with Crippen LogP contribution in [0.1, 0.15) is 52.9 Å². The third-order valence-electron chi connectivity index (χ3n) is 5.23. The summed E-state index contributed by atoms with van der Waals surface area (Å²) in [6.07, 6.45) is 5.92. The summed E-state index contributed by atoms with van der Waals surface area (Å²) in [7, 11) is -2.88. The van der Waals surface area contributed by atoms with Crippen LogP contribution in [0, 0.1) is 5.92 Å². The van der Waals surface area contributed by atoms with E-state index in [2.05, 4.69) is 29.4 Å². The molecule has 0 spiro atoms. The van der Waals surface area contributed by atoms with Gasteiger partial charge in [-0.1, -0.05) is 26.7 Å². The van der Waals surface area contributed by atoms with Gasteiger partial charge in [-0.2, -0.15) is 0 Å². The summed E-state index contributed by atoms with van der Waals surface area (Å²) in [4.78, 5) is 7.41. The van der Waals surface area contributed by atoms with Gasteiger partial charge in [0.15, 0.2) is 15.8 Å².